The number of piperidine rings is 2. The zero-order chi connectivity index (χ0) is 33.2. The number of hydrogen-bond acceptors (Lipinski definition) is 9. The van der Waals surface area contributed by atoms with Crippen LogP contribution < -0.4 is 25.6 Å². The van der Waals surface area contributed by atoms with Crippen molar-refractivity contribution in [1.29, 1.82) is 0 Å². The SMILES string of the molecule is COc1cc(N2CCC(N3CCC4(CCC(N(C)C)CC4)CC3)CC2)ccc1Nc1ncc(Cl)c(Nc2ccccc2P(C)(C)=O)n1. The van der Waals surface area contributed by atoms with Crippen LogP contribution in [0.25, 0.3) is 0 Å². The highest BCUT2D eigenvalue weighted by Gasteiger charge is 2.40. The van der Waals surface area contributed by atoms with Gasteiger partial charge in [0.1, 0.15) is 17.9 Å². The molecule has 2 aliphatic heterocycles. The fraction of sp³-hybridized carbons (Fsp3) is 0.556. The van der Waals surface area contributed by atoms with Crippen molar-refractivity contribution < 1.29 is 9.30 Å². The molecule has 3 heterocycles. The summed E-state index contributed by atoms with van der Waals surface area (Å²) in [6.07, 6.45) is 12.3. The van der Waals surface area contributed by atoms with Gasteiger partial charge in [0.2, 0.25) is 5.95 Å². The van der Waals surface area contributed by atoms with E-state index in [1.165, 1.54) is 70.1 Å². The third kappa shape index (κ3) is 7.91. The number of benzene rings is 2. The van der Waals surface area contributed by atoms with Crippen LogP contribution >= 0.6 is 18.7 Å². The Kier molecular flexibility index (Phi) is 10.4. The number of nitrogens with one attached hydrogen (secondary N) is 2. The standard InChI is InChI=1S/C36H51ClN7O2P/c1-42(2)26-12-16-36(17-13-26)18-22-44(23-19-36)27-14-20-43(21-15-27)28-10-11-30(32(24-28)46-3)40-35-38-25-29(37)34(41-35)39-31-8-6-7-9-33(31)47(4,5)45/h6-11,24-27H,12-23H2,1-5H3,(H2,38,39,40,41). The average Bonchev–Trinajstić information content (AvgIpc) is 3.07. The number of anilines is 5. The summed E-state index contributed by atoms with van der Waals surface area (Å²) in [5.74, 6) is 1.54. The topological polar surface area (TPSA) is 85.9 Å². The van der Waals surface area contributed by atoms with Crippen LogP contribution in [0.5, 0.6) is 5.75 Å². The van der Waals surface area contributed by atoms with Gasteiger partial charge in [0, 0.05) is 42.2 Å². The predicted molar refractivity (Wildman–Crippen MR) is 197 cm³/mol. The van der Waals surface area contributed by atoms with Crippen LogP contribution in [0.2, 0.25) is 5.02 Å². The van der Waals surface area contributed by atoms with Gasteiger partial charge in [0.05, 0.1) is 24.7 Å². The van der Waals surface area contributed by atoms with Crippen LogP contribution in [-0.4, -0.2) is 92.6 Å². The lowest BCUT2D eigenvalue weighted by Gasteiger charge is -2.49. The summed E-state index contributed by atoms with van der Waals surface area (Å²) in [6.45, 7) is 8.12. The lowest BCUT2D eigenvalue weighted by molar-refractivity contribution is 0.0222. The highest BCUT2D eigenvalue weighted by Crippen LogP contribution is 2.46. The second kappa shape index (κ2) is 14.3. The van der Waals surface area contributed by atoms with E-state index in [9.17, 15) is 4.57 Å². The van der Waals surface area contributed by atoms with Gasteiger partial charge in [-0.05, 0) is 122 Å². The molecule has 47 heavy (non-hydrogen) atoms. The molecule has 3 fully saturated rings. The second-order valence-electron chi connectivity index (χ2n) is 14.3. The van der Waals surface area contributed by atoms with Gasteiger partial charge < -0.3 is 34.6 Å². The summed E-state index contributed by atoms with van der Waals surface area (Å²) in [7, 11) is 3.66. The van der Waals surface area contributed by atoms with Gasteiger partial charge in [-0.1, -0.05) is 23.7 Å². The fourth-order valence-electron chi connectivity index (χ4n) is 7.88. The molecule has 1 saturated carbocycles. The highest BCUT2D eigenvalue weighted by atomic mass is 35.5. The Morgan fingerprint density at radius 2 is 1.64 bits per heavy atom. The number of aromatic nitrogens is 2. The number of nitrogens with zero attached hydrogens (tertiary/aromatic N) is 5. The molecular formula is C36H51ClN7O2P. The van der Waals surface area contributed by atoms with Crippen molar-refractivity contribution >= 4 is 52.9 Å². The van der Waals surface area contributed by atoms with Gasteiger partial charge >= 0.3 is 0 Å². The van der Waals surface area contributed by atoms with Gasteiger partial charge in [0.15, 0.2) is 5.82 Å². The van der Waals surface area contributed by atoms with E-state index in [4.69, 9.17) is 16.3 Å². The molecule has 0 unspecified atom stereocenters. The first-order valence-corrected chi connectivity index (χ1v) is 20.1. The summed E-state index contributed by atoms with van der Waals surface area (Å²) >= 11 is 6.47. The molecule has 1 aromatic heterocycles. The minimum atomic E-state index is -2.51. The Balaban J connectivity index is 1.05. The Bertz CT molecular complexity index is 1570. The van der Waals surface area contributed by atoms with Crippen molar-refractivity contribution in [3.63, 3.8) is 0 Å². The summed E-state index contributed by atoms with van der Waals surface area (Å²) in [6, 6.07) is 15.3. The van der Waals surface area contributed by atoms with Gasteiger partial charge in [-0.2, -0.15) is 4.98 Å². The number of methoxy groups -OCH3 is 1. The van der Waals surface area contributed by atoms with Crippen LogP contribution in [0, 0.1) is 5.41 Å². The largest absolute Gasteiger partial charge is 0.494 e. The van der Waals surface area contributed by atoms with Crippen LogP contribution in [0.3, 0.4) is 0 Å². The highest BCUT2D eigenvalue weighted by molar-refractivity contribution is 7.70. The van der Waals surface area contributed by atoms with Gasteiger partial charge in [-0.15, -0.1) is 0 Å². The van der Waals surface area contributed by atoms with E-state index >= 15 is 0 Å². The minimum Gasteiger partial charge on any atom is -0.494 e. The van der Waals surface area contributed by atoms with E-state index in [1.807, 2.05) is 30.3 Å². The smallest absolute Gasteiger partial charge is 0.229 e. The van der Waals surface area contributed by atoms with Gasteiger partial charge in [-0.3, -0.25) is 0 Å². The molecule has 6 rings (SSSR count). The summed E-state index contributed by atoms with van der Waals surface area (Å²) in [5.41, 5.74) is 3.26. The summed E-state index contributed by atoms with van der Waals surface area (Å²) in [5, 5.41) is 7.68. The molecule has 0 atom stereocenters. The Hall–Kier alpha value is -2.84. The molecule has 3 aromatic rings. The zero-order valence-electron chi connectivity index (χ0n) is 28.6. The van der Waals surface area contributed by atoms with Crippen LogP contribution in [-0.2, 0) is 4.57 Å². The molecule has 2 aromatic carbocycles. The van der Waals surface area contributed by atoms with E-state index < -0.39 is 7.14 Å². The van der Waals surface area contributed by atoms with E-state index in [0.29, 0.717) is 33.9 Å². The predicted octanol–water partition coefficient (Wildman–Crippen LogP) is 7.43. The molecule has 1 aliphatic carbocycles. The Morgan fingerprint density at radius 3 is 2.30 bits per heavy atom. The average molecular weight is 680 g/mol. The fourth-order valence-corrected chi connectivity index (χ4v) is 9.17. The molecule has 0 amide bonds. The van der Waals surface area contributed by atoms with Crippen molar-refractivity contribution in [3.05, 3.63) is 53.7 Å². The molecule has 0 bridgehead atoms. The normalized spacial score (nSPS) is 19.7. The molecule has 11 heteroatoms. The van der Waals surface area contributed by atoms with Crippen molar-refractivity contribution in [2.45, 2.75) is 63.5 Å². The molecule has 1 spiro atoms. The van der Waals surface area contributed by atoms with Crippen LogP contribution in [0.4, 0.5) is 28.8 Å². The van der Waals surface area contributed by atoms with E-state index in [2.05, 4.69) is 61.5 Å². The minimum absolute atomic E-state index is 0.370. The second-order valence-corrected chi connectivity index (χ2v) is 17.9. The zero-order valence-corrected chi connectivity index (χ0v) is 30.3. The molecule has 9 nitrogen and oxygen atoms in total. The van der Waals surface area contributed by atoms with E-state index in [1.54, 1.807) is 26.6 Å². The lowest BCUT2D eigenvalue weighted by Crippen LogP contribution is -2.50. The lowest BCUT2D eigenvalue weighted by atomic mass is 9.66. The van der Waals surface area contributed by atoms with E-state index in [-0.39, 0.29) is 0 Å². The first-order chi connectivity index (χ1) is 22.5. The number of likely N-dealkylation sites (tertiary alicyclic amines) is 1. The monoisotopic (exact) mass is 679 g/mol. The van der Waals surface area contributed by atoms with Crippen molar-refractivity contribution in [3.8, 4) is 5.75 Å². The van der Waals surface area contributed by atoms with Crippen LogP contribution in [0.1, 0.15) is 51.4 Å². The Labute approximate surface area is 285 Å². The number of hydrogen-bond donors (Lipinski definition) is 2. The van der Waals surface area contributed by atoms with E-state index in [0.717, 1.165) is 35.9 Å². The van der Waals surface area contributed by atoms with Crippen molar-refractivity contribution in [2.24, 2.45) is 5.41 Å². The van der Waals surface area contributed by atoms with Crippen molar-refractivity contribution in [2.75, 3.05) is 76.2 Å². The maximum Gasteiger partial charge on any atom is 0.229 e. The quantitative estimate of drug-likeness (QED) is 0.224. The molecule has 2 N–H and O–H groups in total. The van der Waals surface area contributed by atoms with Gasteiger partial charge in [0.25, 0.3) is 0 Å². The number of halogens is 1. The van der Waals surface area contributed by atoms with Crippen LogP contribution in [0.15, 0.2) is 48.7 Å². The molecule has 0 radical (unpaired) electrons. The maximum absolute atomic E-state index is 12.9. The first kappa shape index (κ1) is 34.0. The van der Waals surface area contributed by atoms with Crippen molar-refractivity contribution in [1.82, 2.24) is 19.8 Å². The third-order valence-corrected chi connectivity index (χ3v) is 12.7. The number of ether oxygens (including phenoxy) is 1. The Morgan fingerprint density at radius 1 is 0.936 bits per heavy atom. The third-order valence-electron chi connectivity index (χ3n) is 10.9. The van der Waals surface area contributed by atoms with Gasteiger partial charge in [-0.25, -0.2) is 4.98 Å². The molecule has 254 valence electrons. The maximum atomic E-state index is 12.9. The first-order valence-electron chi connectivity index (χ1n) is 17.1. The molecule has 3 aliphatic rings. The number of para-hydroxylation sites is 1. The summed E-state index contributed by atoms with van der Waals surface area (Å²) in [4.78, 5) is 16.7. The molecule has 2 saturated heterocycles. The number of rotatable bonds is 9. The molecular weight excluding hydrogens is 629 g/mol. The summed E-state index contributed by atoms with van der Waals surface area (Å²) < 4.78 is 18.7.